The van der Waals surface area contributed by atoms with Gasteiger partial charge in [-0.25, -0.2) is 0 Å². The molecule has 4 aliphatic carbocycles. The van der Waals surface area contributed by atoms with Crippen molar-refractivity contribution in [2.45, 2.75) is 70.9 Å². The molecule has 4 aliphatic rings. The van der Waals surface area contributed by atoms with E-state index in [9.17, 15) is 9.90 Å². The second-order valence-electron chi connectivity index (χ2n) is 7.93. The molecule has 2 N–H and O–H groups in total. The Morgan fingerprint density at radius 1 is 1.16 bits per heavy atom. The zero-order valence-electron chi connectivity index (χ0n) is 12.4. The Bertz CT molecular complexity index is 376. The average molecular weight is 265 g/mol. The maximum absolute atomic E-state index is 12.0. The van der Waals surface area contributed by atoms with Crippen LogP contribution in [0, 0.1) is 23.2 Å². The predicted octanol–water partition coefficient (Wildman–Crippen LogP) is 2.48. The van der Waals surface area contributed by atoms with Gasteiger partial charge in [-0.3, -0.25) is 4.79 Å². The molecular weight excluding hydrogens is 238 g/mol. The van der Waals surface area contributed by atoms with Crippen LogP contribution in [-0.4, -0.2) is 22.7 Å². The van der Waals surface area contributed by atoms with E-state index in [-0.39, 0.29) is 23.3 Å². The molecule has 0 aliphatic heterocycles. The minimum atomic E-state index is -0.430. The molecule has 1 amide bonds. The molecule has 4 fully saturated rings. The smallest absolute Gasteiger partial charge is 0.222 e. The minimum absolute atomic E-state index is 0.0412. The number of amides is 1. The maximum Gasteiger partial charge on any atom is 0.222 e. The van der Waals surface area contributed by atoms with Crippen molar-refractivity contribution in [1.82, 2.24) is 5.32 Å². The minimum Gasteiger partial charge on any atom is -0.390 e. The highest BCUT2D eigenvalue weighted by Gasteiger charge is 2.58. The van der Waals surface area contributed by atoms with Gasteiger partial charge in [-0.2, -0.15) is 0 Å². The monoisotopic (exact) mass is 265 g/mol. The second-order valence-corrected chi connectivity index (χ2v) is 7.93. The van der Waals surface area contributed by atoms with Gasteiger partial charge in [0.2, 0.25) is 5.91 Å². The molecule has 0 aromatic heterocycles. The number of aliphatic hydroxyl groups is 1. The summed E-state index contributed by atoms with van der Waals surface area (Å²) in [7, 11) is 0. The van der Waals surface area contributed by atoms with Crippen LogP contribution in [0.4, 0.5) is 0 Å². The van der Waals surface area contributed by atoms with Crippen LogP contribution in [0.15, 0.2) is 0 Å². The van der Waals surface area contributed by atoms with Crippen LogP contribution >= 0.6 is 0 Å². The van der Waals surface area contributed by atoms with Crippen LogP contribution in [0.3, 0.4) is 0 Å². The topological polar surface area (TPSA) is 49.3 Å². The fraction of sp³-hybridized carbons (Fsp3) is 0.938. The highest BCUT2D eigenvalue weighted by molar-refractivity contribution is 5.78. The van der Waals surface area contributed by atoms with Crippen molar-refractivity contribution in [2.24, 2.45) is 23.2 Å². The summed E-state index contributed by atoms with van der Waals surface area (Å²) in [6, 6.07) is 0.194. The van der Waals surface area contributed by atoms with Gasteiger partial charge >= 0.3 is 0 Å². The van der Waals surface area contributed by atoms with Crippen molar-refractivity contribution in [3.8, 4) is 0 Å². The van der Waals surface area contributed by atoms with E-state index in [1.54, 1.807) is 0 Å². The Hall–Kier alpha value is -0.570. The van der Waals surface area contributed by atoms with E-state index in [0.717, 1.165) is 19.3 Å². The van der Waals surface area contributed by atoms with Crippen LogP contribution in [0.1, 0.15) is 59.3 Å². The Labute approximate surface area is 116 Å². The van der Waals surface area contributed by atoms with Crippen LogP contribution in [-0.2, 0) is 4.79 Å². The molecule has 3 atom stereocenters. The number of hydrogen-bond donors (Lipinski definition) is 2. The van der Waals surface area contributed by atoms with E-state index < -0.39 is 5.60 Å². The lowest BCUT2D eigenvalue weighted by Gasteiger charge is -2.62. The summed E-state index contributed by atoms with van der Waals surface area (Å²) in [6.07, 6.45) is 6.59. The molecule has 108 valence electrons. The molecule has 19 heavy (non-hydrogen) atoms. The number of rotatable bonds is 3. The summed E-state index contributed by atoms with van der Waals surface area (Å²) in [5.41, 5.74) is -0.274. The van der Waals surface area contributed by atoms with Gasteiger partial charge in [0.1, 0.15) is 0 Å². The van der Waals surface area contributed by atoms with Crippen molar-refractivity contribution in [2.75, 3.05) is 0 Å². The van der Waals surface area contributed by atoms with E-state index in [2.05, 4.69) is 12.2 Å². The third-order valence-corrected chi connectivity index (χ3v) is 5.88. The SMILES string of the molecule is CC(C)C(=O)NC(C)C12CC3CC(CC(O)(C3)C1)C2. The molecule has 0 spiro atoms. The molecule has 3 unspecified atom stereocenters. The van der Waals surface area contributed by atoms with Gasteiger partial charge < -0.3 is 10.4 Å². The van der Waals surface area contributed by atoms with Gasteiger partial charge in [0.25, 0.3) is 0 Å². The zero-order valence-corrected chi connectivity index (χ0v) is 12.4. The number of carbonyl (C=O) groups is 1. The van der Waals surface area contributed by atoms with Gasteiger partial charge in [-0.05, 0) is 62.7 Å². The average Bonchev–Trinajstić information content (AvgIpc) is 2.24. The first-order valence-corrected chi connectivity index (χ1v) is 7.85. The summed E-state index contributed by atoms with van der Waals surface area (Å²) in [5, 5.41) is 14.0. The lowest BCUT2D eigenvalue weighted by molar-refractivity contribution is -0.173. The normalized spacial score (nSPS) is 45.5. The van der Waals surface area contributed by atoms with Crippen molar-refractivity contribution >= 4 is 5.91 Å². The van der Waals surface area contributed by atoms with Crippen molar-refractivity contribution in [3.63, 3.8) is 0 Å². The molecule has 4 bridgehead atoms. The van der Waals surface area contributed by atoms with Crippen LogP contribution in [0.25, 0.3) is 0 Å². The summed E-state index contributed by atoms with van der Waals surface area (Å²) < 4.78 is 0. The van der Waals surface area contributed by atoms with Gasteiger partial charge in [-0.15, -0.1) is 0 Å². The molecule has 0 aromatic carbocycles. The van der Waals surface area contributed by atoms with Gasteiger partial charge in [0.15, 0.2) is 0 Å². The fourth-order valence-corrected chi connectivity index (χ4v) is 5.32. The first-order chi connectivity index (χ1) is 8.82. The molecule has 0 heterocycles. The van der Waals surface area contributed by atoms with E-state index in [1.807, 2.05) is 13.8 Å². The first-order valence-electron chi connectivity index (χ1n) is 7.85. The Morgan fingerprint density at radius 3 is 2.21 bits per heavy atom. The molecule has 0 radical (unpaired) electrons. The zero-order chi connectivity index (χ0) is 13.8. The van der Waals surface area contributed by atoms with Crippen molar-refractivity contribution in [3.05, 3.63) is 0 Å². The quantitative estimate of drug-likeness (QED) is 0.823. The van der Waals surface area contributed by atoms with Gasteiger partial charge in [0.05, 0.1) is 5.60 Å². The van der Waals surface area contributed by atoms with Crippen molar-refractivity contribution in [1.29, 1.82) is 0 Å². The molecule has 3 nitrogen and oxygen atoms in total. The summed E-state index contributed by atoms with van der Waals surface area (Å²) in [4.78, 5) is 12.0. The summed E-state index contributed by atoms with van der Waals surface area (Å²) in [5.74, 6) is 1.56. The first kappa shape index (κ1) is 13.4. The third kappa shape index (κ3) is 2.20. The Balaban J connectivity index is 1.78. The predicted molar refractivity (Wildman–Crippen MR) is 74.5 cm³/mol. The lowest BCUT2D eigenvalue weighted by atomic mass is 9.46. The summed E-state index contributed by atoms with van der Waals surface area (Å²) in [6.45, 7) is 6.03. The van der Waals surface area contributed by atoms with Crippen molar-refractivity contribution < 1.29 is 9.90 Å². The van der Waals surface area contributed by atoms with E-state index in [4.69, 9.17) is 0 Å². The number of hydrogen-bond acceptors (Lipinski definition) is 2. The fourth-order valence-electron chi connectivity index (χ4n) is 5.32. The molecule has 3 heteroatoms. The second kappa shape index (κ2) is 4.21. The lowest BCUT2D eigenvalue weighted by Crippen LogP contribution is -2.61. The molecule has 4 rings (SSSR count). The third-order valence-electron chi connectivity index (χ3n) is 5.88. The molecule has 4 saturated carbocycles. The van der Waals surface area contributed by atoms with E-state index >= 15 is 0 Å². The molecule has 0 saturated heterocycles. The summed E-state index contributed by atoms with van der Waals surface area (Å²) >= 11 is 0. The number of carbonyl (C=O) groups excluding carboxylic acids is 1. The number of nitrogens with one attached hydrogen (secondary N) is 1. The van der Waals surface area contributed by atoms with Gasteiger partial charge in [0, 0.05) is 12.0 Å². The van der Waals surface area contributed by atoms with Crippen LogP contribution in [0.2, 0.25) is 0 Å². The Morgan fingerprint density at radius 2 is 1.74 bits per heavy atom. The van der Waals surface area contributed by atoms with E-state index in [1.165, 1.54) is 19.3 Å². The largest absolute Gasteiger partial charge is 0.390 e. The standard InChI is InChI=1S/C16H27NO2/c1-10(2)14(18)17-11(3)15-5-12-4-13(6-15)8-16(19,7-12)9-15/h10-13,19H,4-9H2,1-3H3,(H,17,18). The van der Waals surface area contributed by atoms with E-state index in [0.29, 0.717) is 11.8 Å². The highest BCUT2D eigenvalue weighted by Crippen LogP contribution is 2.62. The highest BCUT2D eigenvalue weighted by atomic mass is 16.3. The Kier molecular flexibility index (Phi) is 2.97. The van der Waals surface area contributed by atoms with Crippen LogP contribution in [0.5, 0.6) is 0 Å². The molecular formula is C16H27NO2. The molecule has 0 aromatic rings. The van der Waals surface area contributed by atoms with Crippen LogP contribution < -0.4 is 5.32 Å². The maximum atomic E-state index is 12.0. The van der Waals surface area contributed by atoms with Gasteiger partial charge in [-0.1, -0.05) is 13.8 Å².